The van der Waals surface area contributed by atoms with E-state index in [9.17, 15) is 10.1 Å². The lowest BCUT2D eigenvalue weighted by atomic mass is 10.3. The smallest absolute Gasteiger partial charge is 0.287 e. The molecule has 7 nitrogen and oxygen atoms in total. The molecule has 17 heavy (non-hydrogen) atoms. The van der Waals surface area contributed by atoms with Gasteiger partial charge in [-0.25, -0.2) is 9.97 Å². The molecule has 2 rings (SSSR count). The summed E-state index contributed by atoms with van der Waals surface area (Å²) in [5.41, 5.74) is 5.43. The first-order chi connectivity index (χ1) is 8.22. The number of pyridine rings is 1. The molecule has 0 atom stereocenters. The standard InChI is InChI=1S/C10H11N5O2/c11-4-3-10-12-5-6-14(10)9-2-1-8(7-13-9)15(16)17/h1-2,5-7H,3-4,11H2. The molecule has 0 saturated heterocycles. The Morgan fingerprint density at radius 3 is 2.82 bits per heavy atom. The van der Waals surface area contributed by atoms with Crippen molar-refractivity contribution in [3.63, 3.8) is 0 Å². The van der Waals surface area contributed by atoms with Gasteiger partial charge in [-0.1, -0.05) is 0 Å². The number of hydrogen-bond donors (Lipinski definition) is 1. The van der Waals surface area contributed by atoms with Crippen molar-refractivity contribution in [1.29, 1.82) is 0 Å². The van der Waals surface area contributed by atoms with Gasteiger partial charge in [0.15, 0.2) is 0 Å². The molecule has 2 aromatic rings. The highest BCUT2D eigenvalue weighted by atomic mass is 16.6. The van der Waals surface area contributed by atoms with E-state index in [-0.39, 0.29) is 5.69 Å². The first-order valence-electron chi connectivity index (χ1n) is 5.05. The van der Waals surface area contributed by atoms with Crippen LogP contribution in [0.3, 0.4) is 0 Å². The molecule has 7 heteroatoms. The second-order valence-electron chi connectivity index (χ2n) is 3.38. The van der Waals surface area contributed by atoms with Gasteiger partial charge in [-0.3, -0.25) is 14.7 Å². The number of aromatic nitrogens is 3. The van der Waals surface area contributed by atoms with Gasteiger partial charge < -0.3 is 5.73 Å². The molecule has 0 amide bonds. The summed E-state index contributed by atoms with van der Waals surface area (Å²) < 4.78 is 1.76. The maximum Gasteiger partial charge on any atom is 0.287 e. The molecule has 0 aliphatic rings. The Balaban J connectivity index is 2.33. The molecule has 0 spiro atoms. The van der Waals surface area contributed by atoms with Crippen molar-refractivity contribution in [2.45, 2.75) is 6.42 Å². The molecule has 88 valence electrons. The Morgan fingerprint density at radius 1 is 1.41 bits per heavy atom. The van der Waals surface area contributed by atoms with Crippen molar-refractivity contribution in [3.8, 4) is 5.82 Å². The predicted octanol–water partition coefficient (Wildman–Crippen LogP) is 0.677. The van der Waals surface area contributed by atoms with E-state index in [1.54, 1.807) is 23.0 Å². The van der Waals surface area contributed by atoms with E-state index in [1.807, 2.05) is 0 Å². The van der Waals surface area contributed by atoms with Gasteiger partial charge in [-0.15, -0.1) is 0 Å². The van der Waals surface area contributed by atoms with Crippen LogP contribution < -0.4 is 5.73 Å². The van der Waals surface area contributed by atoms with Crippen molar-refractivity contribution >= 4 is 5.69 Å². The Morgan fingerprint density at radius 2 is 2.24 bits per heavy atom. The minimum atomic E-state index is -0.481. The number of rotatable bonds is 4. The lowest BCUT2D eigenvalue weighted by molar-refractivity contribution is -0.385. The van der Waals surface area contributed by atoms with E-state index in [1.165, 1.54) is 12.3 Å². The second-order valence-corrected chi connectivity index (χ2v) is 3.38. The predicted molar refractivity (Wildman–Crippen MR) is 60.8 cm³/mol. The number of hydrogen-bond acceptors (Lipinski definition) is 5. The van der Waals surface area contributed by atoms with E-state index in [0.29, 0.717) is 18.8 Å². The molecular weight excluding hydrogens is 222 g/mol. The summed E-state index contributed by atoms with van der Waals surface area (Å²) in [7, 11) is 0. The van der Waals surface area contributed by atoms with Crippen LogP contribution in [-0.2, 0) is 6.42 Å². The van der Waals surface area contributed by atoms with Crippen molar-refractivity contribution in [3.05, 3.63) is 46.7 Å². The van der Waals surface area contributed by atoms with E-state index >= 15 is 0 Å². The highest BCUT2D eigenvalue weighted by molar-refractivity contribution is 5.33. The van der Waals surface area contributed by atoms with Gasteiger partial charge in [0.25, 0.3) is 5.69 Å². The van der Waals surface area contributed by atoms with Gasteiger partial charge in [0.05, 0.1) is 4.92 Å². The third kappa shape index (κ3) is 2.28. The lowest BCUT2D eigenvalue weighted by Crippen LogP contribution is -2.09. The largest absolute Gasteiger partial charge is 0.330 e. The monoisotopic (exact) mass is 233 g/mol. The Hall–Kier alpha value is -2.28. The first-order valence-corrected chi connectivity index (χ1v) is 5.05. The normalized spacial score (nSPS) is 10.4. The third-order valence-corrected chi connectivity index (χ3v) is 2.28. The van der Waals surface area contributed by atoms with Crippen LogP contribution in [-0.4, -0.2) is 26.0 Å². The second kappa shape index (κ2) is 4.71. The van der Waals surface area contributed by atoms with Gasteiger partial charge in [0.2, 0.25) is 0 Å². The number of imidazole rings is 1. The van der Waals surface area contributed by atoms with Crippen LogP contribution in [0.1, 0.15) is 5.82 Å². The number of nitro groups is 1. The van der Waals surface area contributed by atoms with E-state index in [2.05, 4.69) is 9.97 Å². The van der Waals surface area contributed by atoms with E-state index in [0.717, 1.165) is 5.82 Å². The minimum Gasteiger partial charge on any atom is -0.330 e. The van der Waals surface area contributed by atoms with Crippen LogP contribution in [0.15, 0.2) is 30.7 Å². The fourth-order valence-electron chi connectivity index (χ4n) is 1.49. The maximum absolute atomic E-state index is 10.5. The van der Waals surface area contributed by atoms with Crippen LogP contribution in [0, 0.1) is 10.1 Å². The zero-order chi connectivity index (χ0) is 12.3. The first kappa shape index (κ1) is 11.2. The average molecular weight is 233 g/mol. The molecule has 2 aromatic heterocycles. The minimum absolute atomic E-state index is 0.0331. The summed E-state index contributed by atoms with van der Waals surface area (Å²) in [5.74, 6) is 1.38. The summed E-state index contributed by atoms with van der Waals surface area (Å²) in [6.07, 6.45) is 5.25. The van der Waals surface area contributed by atoms with Gasteiger partial charge in [0.1, 0.15) is 17.8 Å². The average Bonchev–Trinajstić information content (AvgIpc) is 2.78. The number of nitrogens with zero attached hydrogens (tertiary/aromatic N) is 4. The highest BCUT2D eigenvalue weighted by Gasteiger charge is 2.08. The summed E-state index contributed by atoms with van der Waals surface area (Å²) >= 11 is 0. The molecule has 0 saturated carbocycles. The van der Waals surface area contributed by atoms with Gasteiger partial charge in [0, 0.05) is 24.9 Å². The van der Waals surface area contributed by atoms with E-state index in [4.69, 9.17) is 5.73 Å². The summed E-state index contributed by atoms with van der Waals surface area (Å²) in [6.45, 7) is 0.490. The quantitative estimate of drug-likeness (QED) is 0.618. The lowest BCUT2D eigenvalue weighted by Gasteiger charge is -2.05. The molecule has 2 heterocycles. The van der Waals surface area contributed by atoms with Crippen molar-refractivity contribution in [2.75, 3.05) is 6.54 Å². The van der Waals surface area contributed by atoms with Crippen molar-refractivity contribution in [1.82, 2.24) is 14.5 Å². The highest BCUT2D eigenvalue weighted by Crippen LogP contribution is 2.13. The Kier molecular flexibility index (Phi) is 3.10. The SMILES string of the molecule is NCCc1nccn1-c1ccc([N+](=O)[O-])cn1. The van der Waals surface area contributed by atoms with Crippen LogP contribution in [0.4, 0.5) is 5.69 Å². The van der Waals surface area contributed by atoms with Crippen LogP contribution in [0.25, 0.3) is 5.82 Å². The molecular formula is C10H11N5O2. The summed E-state index contributed by atoms with van der Waals surface area (Å²) in [4.78, 5) is 18.2. The topological polar surface area (TPSA) is 99.9 Å². The van der Waals surface area contributed by atoms with Crippen LogP contribution in [0.2, 0.25) is 0 Å². The summed E-state index contributed by atoms with van der Waals surface area (Å²) in [6, 6.07) is 2.99. The molecule has 0 unspecified atom stereocenters. The fourth-order valence-corrected chi connectivity index (χ4v) is 1.49. The molecule has 0 fully saturated rings. The van der Waals surface area contributed by atoms with Gasteiger partial charge >= 0.3 is 0 Å². The Bertz CT molecular complexity index is 520. The molecule has 0 bridgehead atoms. The maximum atomic E-state index is 10.5. The fraction of sp³-hybridized carbons (Fsp3) is 0.200. The van der Waals surface area contributed by atoms with Gasteiger partial charge in [-0.05, 0) is 12.6 Å². The molecule has 0 radical (unpaired) electrons. The van der Waals surface area contributed by atoms with Crippen molar-refractivity contribution < 1.29 is 4.92 Å². The zero-order valence-corrected chi connectivity index (χ0v) is 8.98. The van der Waals surface area contributed by atoms with Crippen molar-refractivity contribution in [2.24, 2.45) is 5.73 Å². The Labute approximate surface area is 97.1 Å². The third-order valence-electron chi connectivity index (χ3n) is 2.28. The molecule has 0 aromatic carbocycles. The zero-order valence-electron chi connectivity index (χ0n) is 8.98. The van der Waals surface area contributed by atoms with Crippen LogP contribution in [0.5, 0.6) is 0 Å². The van der Waals surface area contributed by atoms with E-state index < -0.39 is 4.92 Å². The molecule has 0 aliphatic heterocycles. The number of nitrogens with two attached hydrogens (primary N) is 1. The van der Waals surface area contributed by atoms with Crippen LogP contribution >= 0.6 is 0 Å². The summed E-state index contributed by atoms with van der Waals surface area (Å²) in [5, 5.41) is 10.5. The molecule has 2 N–H and O–H groups in total. The molecule has 0 aliphatic carbocycles. The van der Waals surface area contributed by atoms with Gasteiger partial charge in [-0.2, -0.15) is 0 Å².